The van der Waals surface area contributed by atoms with Crippen molar-refractivity contribution in [3.05, 3.63) is 94.5 Å². The molecule has 0 atom stereocenters. The van der Waals surface area contributed by atoms with E-state index in [0.717, 1.165) is 28.2 Å². The second-order valence-corrected chi connectivity index (χ2v) is 9.45. The predicted octanol–water partition coefficient (Wildman–Crippen LogP) is 5.99. The van der Waals surface area contributed by atoms with Gasteiger partial charge in [-0.2, -0.15) is 0 Å². The van der Waals surface area contributed by atoms with Gasteiger partial charge >= 0.3 is 0 Å². The summed E-state index contributed by atoms with van der Waals surface area (Å²) in [5.41, 5.74) is 4.71. The number of halogens is 1. The van der Waals surface area contributed by atoms with Crippen molar-refractivity contribution in [3.8, 4) is 11.5 Å². The largest absolute Gasteiger partial charge is 0.497 e. The number of amidine groups is 1. The first-order valence-electron chi connectivity index (χ1n) is 11.2. The Hall–Kier alpha value is -3.75. The molecule has 1 amide bonds. The molecule has 0 radical (unpaired) electrons. The standard InChI is InChI=1S/C27H23ClN4O3S/c1-17-5-4-12-31-15-19(29-25(17)31)16-36-27-30-23(13-18-6-9-21(34-2)10-7-18)26(33)32(27)20-8-11-22(28)24(14-20)35-3/h4-15H,16H2,1-3H3. The second kappa shape index (κ2) is 10.1. The zero-order valence-electron chi connectivity index (χ0n) is 19.9. The van der Waals surface area contributed by atoms with E-state index < -0.39 is 0 Å². The molecule has 0 saturated carbocycles. The highest BCUT2D eigenvalue weighted by molar-refractivity contribution is 8.13. The minimum absolute atomic E-state index is 0.233. The third-order valence-electron chi connectivity index (χ3n) is 5.72. The van der Waals surface area contributed by atoms with Gasteiger partial charge in [-0.25, -0.2) is 9.98 Å². The minimum Gasteiger partial charge on any atom is -0.497 e. The van der Waals surface area contributed by atoms with Crippen LogP contribution in [0, 0.1) is 6.92 Å². The number of benzene rings is 2. The highest BCUT2D eigenvalue weighted by Gasteiger charge is 2.32. The Bertz CT molecular complexity index is 1510. The van der Waals surface area contributed by atoms with E-state index >= 15 is 0 Å². The van der Waals surface area contributed by atoms with Crippen molar-refractivity contribution in [1.82, 2.24) is 9.38 Å². The average molecular weight is 519 g/mol. The lowest BCUT2D eigenvalue weighted by Gasteiger charge is -2.18. The van der Waals surface area contributed by atoms with Gasteiger partial charge in [-0.3, -0.25) is 9.69 Å². The Morgan fingerprint density at radius 1 is 1.08 bits per heavy atom. The highest BCUT2D eigenvalue weighted by Crippen LogP contribution is 2.35. The van der Waals surface area contributed by atoms with Crippen LogP contribution in [0.4, 0.5) is 5.69 Å². The maximum Gasteiger partial charge on any atom is 0.283 e. The average Bonchev–Trinajstić information content (AvgIpc) is 3.45. The summed E-state index contributed by atoms with van der Waals surface area (Å²) in [7, 11) is 3.16. The number of hydrogen-bond donors (Lipinski definition) is 0. The van der Waals surface area contributed by atoms with Gasteiger partial charge in [-0.1, -0.05) is 41.6 Å². The van der Waals surface area contributed by atoms with E-state index in [1.165, 1.54) is 11.8 Å². The number of aromatic nitrogens is 2. The van der Waals surface area contributed by atoms with Crippen LogP contribution in [0.3, 0.4) is 0 Å². The summed E-state index contributed by atoms with van der Waals surface area (Å²) in [4.78, 5) is 24.6. The van der Waals surface area contributed by atoms with E-state index in [2.05, 4.69) is 0 Å². The fourth-order valence-corrected chi connectivity index (χ4v) is 4.97. The molecule has 0 N–H and O–H groups in total. The van der Waals surface area contributed by atoms with Gasteiger partial charge < -0.3 is 13.9 Å². The summed E-state index contributed by atoms with van der Waals surface area (Å²) in [6.07, 6.45) is 5.74. The molecule has 1 aliphatic rings. The van der Waals surface area contributed by atoms with Crippen molar-refractivity contribution in [2.75, 3.05) is 19.1 Å². The first-order chi connectivity index (χ1) is 17.5. The second-order valence-electron chi connectivity index (χ2n) is 8.10. The molecule has 3 heterocycles. The molecular formula is C27H23ClN4O3S. The summed E-state index contributed by atoms with van der Waals surface area (Å²) in [6.45, 7) is 2.03. The number of pyridine rings is 1. The van der Waals surface area contributed by atoms with Crippen molar-refractivity contribution in [3.63, 3.8) is 0 Å². The summed E-state index contributed by atoms with van der Waals surface area (Å²) >= 11 is 7.68. The number of anilines is 1. The van der Waals surface area contributed by atoms with Gasteiger partial charge in [0.05, 0.1) is 30.6 Å². The first-order valence-corrected chi connectivity index (χ1v) is 12.5. The van der Waals surface area contributed by atoms with Crippen molar-refractivity contribution in [1.29, 1.82) is 0 Å². The fraction of sp³-hybridized carbons (Fsp3) is 0.148. The molecule has 0 fully saturated rings. The number of carbonyl (C=O) groups is 1. The number of methoxy groups -OCH3 is 2. The molecule has 9 heteroatoms. The predicted molar refractivity (Wildman–Crippen MR) is 145 cm³/mol. The van der Waals surface area contributed by atoms with E-state index in [-0.39, 0.29) is 5.91 Å². The number of carbonyl (C=O) groups excluding carboxylic acids is 1. The molecule has 2 aromatic heterocycles. The maximum absolute atomic E-state index is 13.5. The molecule has 36 heavy (non-hydrogen) atoms. The molecule has 5 rings (SSSR count). The van der Waals surface area contributed by atoms with Crippen LogP contribution in [0.1, 0.15) is 16.8 Å². The molecule has 1 aliphatic heterocycles. The third kappa shape index (κ3) is 4.69. The number of aliphatic imine (C=N–C) groups is 1. The van der Waals surface area contributed by atoms with Crippen LogP contribution in [0.2, 0.25) is 5.02 Å². The number of thioether (sulfide) groups is 1. The first kappa shape index (κ1) is 24.0. The molecular weight excluding hydrogens is 496 g/mol. The lowest BCUT2D eigenvalue weighted by molar-refractivity contribution is -0.113. The number of rotatable bonds is 6. The van der Waals surface area contributed by atoms with Gasteiger partial charge in [0.25, 0.3) is 5.91 Å². The maximum atomic E-state index is 13.5. The Morgan fingerprint density at radius 3 is 2.61 bits per heavy atom. The lowest BCUT2D eigenvalue weighted by Crippen LogP contribution is -2.30. The van der Waals surface area contributed by atoms with E-state index in [1.54, 1.807) is 43.4 Å². The Kier molecular flexibility index (Phi) is 6.71. The zero-order chi connectivity index (χ0) is 25.2. The Labute approximate surface area is 218 Å². The third-order valence-corrected chi connectivity index (χ3v) is 7.00. The van der Waals surface area contributed by atoms with Crippen LogP contribution >= 0.6 is 23.4 Å². The van der Waals surface area contributed by atoms with Crippen LogP contribution < -0.4 is 14.4 Å². The molecule has 0 unspecified atom stereocenters. The molecule has 0 spiro atoms. The van der Waals surface area contributed by atoms with E-state index in [4.69, 9.17) is 31.1 Å². The van der Waals surface area contributed by atoms with E-state index in [0.29, 0.717) is 33.1 Å². The Balaban J connectivity index is 1.49. The summed E-state index contributed by atoms with van der Waals surface area (Å²) in [5, 5.41) is 1.02. The van der Waals surface area contributed by atoms with Crippen LogP contribution in [0.15, 0.2) is 77.7 Å². The molecule has 182 valence electrons. The molecule has 0 aliphatic carbocycles. The number of nitrogens with zero attached hydrogens (tertiary/aromatic N) is 4. The van der Waals surface area contributed by atoms with E-state index in [1.807, 2.05) is 60.1 Å². The van der Waals surface area contributed by atoms with E-state index in [9.17, 15) is 4.79 Å². The molecule has 0 saturated heterocycles. The lowest BCUT2D eigenvalue weighted by atomic mass is 10.2. The zero-order valence-corrected chi connectivity index (χ0v) is 21.5. The van der Waals surface area contributed by atoms with Gasteiger partial charge in [-0.15, -0.1) is 0 Å². The van der Waals surface area contributed by atoms with Crippen molar-refractivity contribution < 1.29 is 14.3 Å². The Morgan fingerprint density at radius 2 is 1.89 bits per heavy atom. The number of imidazole rings is 1. The quantitative estimate of drug-likeness (QED) is 0.293. The number of aryl methyl sites for hydroxylation is 1. The monoisotopic (exact) mass is 518 g/mol. The van der Waals surface area contributed by atoms with Crippen LogP contribution in [-0.2, 0) is 10.5 Å². The molecule has 2 aromatic carbocycles. The van der Waals surface area contributed by atoms with Crippen molar-refractivity contribution in [2.24, 2.45) is 4.99 Å². The van der Waals surface area contributed by atoms with Gasteiger partial charge in [0.15, 0.2) is 5.17 Å². The van der Waals surface area contributed by atoms with Crippen LogP contribution in [-0.4, -0.2) is 34.7 Å². The topological polar surface area (TPSA) is 68.4 Å². The summed E-state index contributed by atoms with van der Waals surface area (Å²) in [6, 6.07) is 16.7. The molecule has 7 nitrogen and oxygen atoms in total. The van der Waals surface area contributed by atoms with Gasteiger partial charge in [0.1, 0.15) is 22.8 Å². The summed E-state index contributed by atoms with van der Waals surface area (Å²) in [5.74, 6) is 1.54. The number of hydrogen-bond acceptors (Lipinski definition) is 6. The van der Waals surface area contributed by atoms with Gasteiger partial charge in [-0.05, 0) is 54.5 Å². The number of amides is 1. The van der Waals surface area contributed by atoms with Gasteiger partial charge in [0.2, 0.25) is 0 Å². The highest BCUT2D eigenvalue weighted by atomic mass is 35.5. The van der Waals surface area contributed by atoms with Gasteiger partial charge in [0, 0.05) is 24.2 Å². The summed E-state index contributed by atoms with van der Waals surface area (Å²) < 4.78 is 12.6. The minimum atomic E-state index is -0.233. The smallest absolute Gasteiger partial charge is 0.283 e. The van der Waals surface area contributed by atoms with Crippen molar-refractivity contribution in [2.45, 2.75) is 12.7 Å². The van der Waals surface area contributed by atoms with Crippen molar-refractivity contribution >= 4 is 51.8 Å². The SMILES string of the molecule is COc1ccc(C=C2N=C(SCc3cn4cccc(C)c4n3)N(c3ccc(Cl)c(OC)c3)C2=O)cc1. The number of fused-ring (bicyclic) bond motifs is 1. The normalized spacial score (nSPS) is 14.6. The molecule has 0 bridgehead atoms. The van der Waals surface area contributed by atoms with Crippen LogP contribution in [0.25, 0.3) is 11.7 Å². The van der Waals surface area contributed by atoms with Crippen LogP contribution in [0.5, 0.6) is 11.5 Å². The number of ether oxygens (including phenoxy) is 2. The fourth-order valence-electron chi connectivity index (χ4n) is 3.88. The molecule has 4 aromatic rings.